The van der Waals surface area contributed by atoms with Crippen LogP contribution in [0.25, 0.3) is 100 Å². The Bertz CT molecular complexity index is 3340. The Balaban J connectivity index is 1.09. The molecule has 0 aliphatic carbocycles. The molecule has 11 rings (SSSR count). The van der Waals surface area contributed by atoms with Crippen LogP contribution in [0.5, 0.6) is 0 Å². The Morgan fingerprint density at radius 2 is 0.883 bits per heavy atom. The van der Waals surface area contributed by atoms with Crippen molar-refractivity contribution in [1.29, 1.82) is 0 Å². The molecular weight excluding hydrogens is 731 g/mol. The van der Waals surface area contributed by atoms with Gasteiger partial charge in [-0.3, -0.25) is 4.57 Å². The molecule has 8 aromatic carbocycles. The van der Waals surface area contributed by atoms with Crippen LogP contribution in [0, 0.1) is 0 Å². The van der Waals surface area contributed by atoms with E-state index >= 15 is 0 Å². The van der Waals surface area contributed by atoms with Gasteiger partial charge >= 0.3 is 0 Å². The SMILES string of the molecule is CCCCc1ccc(-c2cccc(-c3cccc(-c4nc(-c5ccccc5)nc(-n5c6ccccc6c6c7c8ccccc8n(-c8ccccc8)c7ccc65)n4)c3)c2)cc1. The molecule has 5 nitrogen and oxygen atoms in total. The van der Waals surface area contributed by atoms with Gasteiger partial charge in [0.05, 0.1) is 22.1 Å². The Morgan fingerprint density at radius 1 is 0.383 bits per heavy atom. The highest BCUT2D eigenvalue weighted by molar-refractivity contribution is 6.28. The number of aromatic nitrogens is 5. The van der Waals surface area contributed by atoms with Crippen LogP contribution < -0.4 is 0 Å². The maximum Gasteiger partial charge on any atom is 0.238 e. The van der Waals surface area contributed by atoms with Crippen molar-refractivity contribution >= 4 is 43.6 Å². The Hall–Kier alpha value is -7.63. The molecular formula is C55H41N5. The number of benzene rings is 8. The van der Waals surface area contributed by atoms with Crippen molar-refractivity contribution in [2.75, 3.05) is 0 Å². The van der Waals surface area contributed by atoms with Gasteiger partial charge in [0, 0.05) is 38.4 Å². The quantitative estimate of drug-likeness (QED) is 0.147. The normalized spacial score (nSPS) is 11.6. The van der Waals surface area contributed by atoms with Gasteiger partial charge < -0.3 is 4.57 Å². The first-order valence-electron chi connectivity index (χ1n) is 20.8. The van der Waals surface area contributed by atoms with Crippen LogP contribution in [0.2, 0.25) is 0 Å². The average molecular weight is 772 g/mol. The standard InChI is InChI=1S/C55H41N5/c1-2-3-16-37-29-31-38(32-30-37)40-19-14-20-41(35-40)42-21-15-22-43(36-42)54-56-53(39-17-6-4-7-18-39)57-55(58-54)60-48-28-13-11-26-46(48)52-50(60)34-33-49-51(52)45-25-10-12-27-47(45)59(49)44-23-8-5-9-24-44/h4-15,17-36H,2-3,16H2,1H3. The zero-order valence-electron chi connectivity index (χ0n) is 33.3. The number of nitrogens with zero attached hydrogens (tertiary/aromatic N) is 5. The third-order valence-electron chi connectivity index (χ3n) is 11.8. The number of rotatable bonds is 9. The molecule has 0 radical (unpaired) electrons. The van der Waals surface area contributed by atoms with Crippen LogP contribution in [0.4, 0.5) is 0 Å². The van der Waals surface area contributed by atoms with Gasteiger partial charge in [-0.25, -0.2) is 4.98 Å². The molecule has 0 amide bonds. The molecule has 0 spiro atoms. The number of hydrogen-bond donors (Lipinski definition) is 0. The second-order valence-electron chi connectivity index (χ2n) is 15.5. The van der Waals surface area contributed by atoms with Gasteiger partial charge in [-0.15, -0.1) is 0 Å². The molecule has 0 aliphatic heterocycles. The fourth-order valence-corrected chi connectivity index (χ4v) is 8.86. The lowest BCUT2D eigenvalue weighted by Crippen LogP contribution is -2.06. The summed E-state index contributed by atoms with van der Waals surface area (Å²) < 4.78 is 4.59. The van der Waals surface area contributed by atoms with Crippen LogP contribution in [-0.2, 0) is 6.42 Å². The highest BCUT2D eigenvalue weighted by Gasteiger charge is 2.22. The molecule has 60 heavy (non-hydrogen) atoms. The van der Waals surface area contributed by atoms with E-state index in [1.165, 1.54) is 51.2 Å². The number of unbranched alkanes of at least 4 members (excludes halogenated alkanes) is 1. The summed E-state index contributed by atoms with van der Waals surface area (Å²) in [6, 6.07) is 69.1. The lowest BCUT2D eigenvalue weighted by Gasteiger charge is -2.12. The Kier molecular flexibility index (Phi) is 8.85. The maximum absolute atomic E-state index is 5.33. The van der Waals surface area contributed by atoms with E-state index in [4.69, 9.17) is 15.0 Å². The second-order valence-corrected chi connectivity index (χ2v) is 15.5. The summed E-state index contributed by atoms with van der Waals surface area (Å²) in [4.78, 5) is 15.7. The van der Waals surface area contributed by atoms with Crippen molar-refractivity contribution in [2.24, 2.45) is 0 Å². The van der Waals surface area contributed by atoms with Crippen molar-refractivity contribution in [3.63, 3.8) is 0 Å². The predicted molar refractivity (Wildman–Crippen MR) is 249 cm³/mol. The summed E-state index contributed by atoms with van der Waals surface area (Å²) in [6.45, 7) is 2.24. The van der Waals surface area contributed by atoms with Crippen LogP contribution in [-0.4, -0.2) is 24.1 Å². The molecule has 11 aromatic rings. The summed E-state index contributed by atoms with van der Waals surface area (Å²) in [7, 11) is 0. The number of aryl methyl sites for hydroxylation is 1. The molecule has 3 aromatic heterocycles. The monoisotopic (exact) mass is 771 g/mol. The molecule has 0 saturated heterocycles. The lowest BCUT2D eigenvalue weighted by molar-refractivity contribution is 0.795. The largest absolute Gasteiger partial charge is 0.309 e. The lowest BCUT2D eigenvalue weighted by atomic mass is 9.97. The van der Waals surface area contributed by atoms with Gasteiger partial charge in [-0.05, 0) is 89.2 Å². The van der Waals surface area contributed by atoms with Gasteiger partial charge in [0.1, 0.15) is 0 Å². The van der Waals surface area contributed by atoms with E-state index in [1.54, 1.807) is 0 Å². The first kappa shape index (κ1) is 35.5. The van der Waals surface area contributed by atoms with Crippen LogP contribution in [0.3, 0.4) is 0 Å². The molecule has 0 unspecified atom stereocenters. The molecule has 286 valence electrons. The first-order valence-corrected chi connectivity index (χ1v) is 20.8. The van der Waals surface area contributed by atoms with Crippen molar-refractivity contribution in [2.45, 2.75) is 26.2 Å². The number of para-hydroxylation sites is 3. The van der Waals surface area contributed by atoms with Crippen molar-refractivity contribution in [3.05, 3.63) is 200 Å². The predicted octanol–water partition coefficient (Wildman–Crippen LogP) is 14.1. The van der Waals surface area contributed by atoms with Crippen LogP contribution in [0.15, 0.2) is 194 Å². The van der Waals surface area contributed by atoms with E-state index in [-0.39, 0.29) is 0 Å². The van der Waals surface area contributed by atoms with Gasteiger partial charge in [0.15, 0.2) is 11.6 Å². The zero-order chi connectivity index (χ0) is 40.0. The van der Waals surface area contributed by atoms with Crippen LogP contribution in [0.1, 0.15) is 25.3 Å². The van der Waals surface area contributed by atoms with Crippen molar-refractivity contribution in [1.82, 2.24) is 24.1 Å². The van der Waals surface area contributed by atoms with E-state index in [0.717, 1.165) is 56.3 Å². The first-order chi connectivity index (χ1) is 29.7. The minimum atomic E-state index is 0.575. The van der Waals surface area contributed by atoms with E-state index < -0.39 is 0 Å². The van der Waals surface area contributed by atoms with E-state index in [0.29, 0.717) is 17.6 Å². The fourth-order valence-electron chi connectivity index (χ4n) is 8.86. The highest BCUT2D eigenvalue weighted by Crippen LogP contribution is 2.42. The topological polar surface area (TPSA) is 48.5 Å². The molecule has 0 atom stereocenters. The van der Waals surface area contributed by atoms with Gasteiger partial charge in [0.25, 0.3) is 0 Å². The van der Waals surface area contributed by atoms with E-state index in [9.17, 15) is 0 Å². The minimum Gasteiger partial charge on any atom is -0.309 e. The summed E-state index contributed by atoms with van der Waals surface area (Å²) in [6.07, 6.45) is 3.54. The summed E-state index contributed by atoms with van der Waals surface area (Å²) in [5.41, 5.74) is 13.4. The van der Waals surface area contributed by atoms with E-state index in [1.807, 2.05) is 18.2 Å². The average Bonchev–Trinajstić information content (AvgIpc) is 3.84. The van der Waals surface area contributed by atoms with Crippen molar-refractivity contribution < 1.29 is 0 Å². The Morgan fingerprint density at radius 3 is 1.53 bits per heavy atom. The Labute approximate surface area is 348 Å². The third-order valence-corrected chi connectivity index (χ3v) is 11.8. The molecule has 3 heterocycles. The summed E-state index contributed by atoms with van der Waals surface area (Å²) >= 11 is 0. The smallest absolute Gasteiger partial charge is 0.238 e. The van der Waals surface area contributed by atoms with E-state index in [2.05, 4.69) is 192 Å². The summed E-state index contributed by atoms with van der Waals surface area (Å²) in [5.74, 6) is 1.82. The minimum absolute atomic E-state index is 0.575. The molecule has 5 heteroatoms. The fraction of sp³-hybridized carbons (Fsp3) is 0.0727. The van der Waals surface area contributed by atoms with Gasteiger partial charge in [0.2, 0.25) is 5.95 Å². The third kappa shape index (κ3) is 6.14. The number of fused-ring (bicyclic) bond motifs is 7. The second kappa shape index (κ2) is 14.9. The molecule has 0 saturated carbocycles. The van der Waals surface area contributed by atoms with Crippen LogP contribution >= 0.6 is 0 Å². The summed E-state index contributed by atoms with van der Waals surface area (Å²) in [5, 5.41) is 4.74. The van der Waals surface area contributed by atoms with Crippen molar-refractivity contribution in [3.8, 4) is 56.7 Å². The molecule has 0 fully saturated rings. The van der Waals surface area contributed by atoms with Gasteiger partial charge in [-0.1, -0.05) is 159 Å². The highest BCUT2D eigenvalue weighted by atomic mass is 15.2. The molecule has 0 aliphatic rings. The molecule has 0 N–H and O–H groups in total. The number of hydrogen-bond acceptors (Lipinski definition) is 3. The molecule has 0 bridgehead atoms. The zero-order valence-corrected chi connectivity index (χ0v) is 33.3. The van der Waals surface area contributed by atoms with Gasteiger partial charge in [-0.2, -0.15) is 9.97 Å². The maximum atomic E-state index is 5.33.